The molecular weight excluding hydrogens is 484 g/mol. The van der Waals surface area contributed by atoms with Gasteiger partial charge in [-0.15, -0.1) is 0 Å². The topological polar surface area (TPSA) is 75.9 Å². The first-order chi connectivity index (χ1) is 19.0. The minimum absolute atomic E-state index is 0.0962. The van der Waals surface area contributed by atoms with Gasteiger partial charge in [0.05, 0.1) is 0 Å². The van der Waals surface area contributed by atoms with E-state index in [-0.39, 0.29) is 5.56 Å². The van der Waals surface area contributed by atoms with Gasteiger partial charge >= 0.3 is 0 Å². The van der Waals surface area contributed by atoms with E-state index in [1.54, 1.807) is 24.0 Å². The van der Waals surface area contributed by atoms with Gasteiger partial charge in [0, 0.05) is 47.8 Å². The second kappa shape index (κ2) is 10.4. The van der Waals surface area contributed by atoms with Crippen LogP contribution >= 0.6 is 0 Å². The molecule has 0 spiro atoms. The smallest absolute Gasteiger partial charge is 0.259 e. The number of nitrogens with one attached hydrogen (secondary N) is 1. The van der Waals surface area contributed by atoms with Gasteiger partial charge in [-0.3, -0.25) is 14.3 Å². The summed E-state index contributed by atoms with van der Waals surface area (Å²) in [6.07, 6.45) is 7.76. The van der Waals surface area contributed by atoms with Gasteiger partial charge in [0.25, 0.3) is 5.56 Å². The second-order valence-electron chi connectivity index (χ2n) is 10.5. The first-order valence-electron chi connectivity index (χ1n) is 13.4. The molecule has 0 amide bonds. The molecule has 3 aromatic heterocycles. The van der Waals surface area contributed by atoms with Crippen LogP contribution in [0.5, 0.6) is 0 Å². The molecule has 1 N–H and O–H groups in total. The van der Waals surface area contributed by atoms with Gasteiger partial charge < -0.3 is 10.2 Å². The van der Waals surface area contributed by atoms with E-state index in [0.29, 0.717) is 23.1 Å². The number of hydrogen-bond acceptors (Lipinski definition) is 6. The Bertz CT molecular complexity index is 1690. The predicted octanol–water partition coefficient (Wildman–Crippen LogP) is 5.92. The van der Waals surface area contributed by atoms with Gasteiger partial charge in [-0.05, 0) is 98.4 Å². The molecular formula is C32H32N6O. The van der Waals surface area contributed by atoms with Crippen molar-refractivity contribution >= 4 is 22.7 Å². The summed E-state index contributed by atoms with van der Waals surface area (Å²) in [5, 5.41) is 4.12. The van der Waals surface area contributed by atoms with Crippen molar-refractivity contribution in [3.05, 3.63) is 101 Å². The third-order valence-electron chi connectivity index (χ3n) is 7.83. The Labute approximate surface area is 228 Å². The number of aromatic nitrogens is 4. The van der Waals surface area contributed by atoms with Gasteiger partial charge in [0.2, 0.25) is 5.95 Å². The number of hydrogen-bond donors (Lipinski definition) is 1. The molecule has 0 saturated carbocycles. The molecule has 1 aliphatic heterocycles. The highest BCUT2D eigenvalue weighted by Gasteiger charge is 2.18. The molecule has 0 atom stereocenters. The number of anilines is 2. The van der Waals surface area contributed by atoms with Crippen LogP contribution in [0, 0.1) is 6.92 Å². The van der Waals surface area contributed by atoms with Crippen LogP contribution in [0.3, 0.4) is 0 Å². The van der Waals surface area contributed by atoms with E-state index in [4.69, 9.17) is 4.98 Å². The molecule has 0 bridgehead atoms. The maximum Gasteiger partial charge on any atom is 0.259 e. The molecule has 6 rings (SSSR count). The molecule has 0 unspecified atom stereocenters. The fraction of sp³-hybridized carbons (Fsp3) is 0.250. The van der Waals surface area contributed by atoms with Crippen molar-refractivity contribution in [1.82, 2.24) is 24.4 Å². The molecule has 2 aromatic carbocycles. The summed E-state index contributed by atoms with van der Waals surface area (Å²) >= 11 is 0. The summed E-state index contributed by atoms with van der Waals surface area (Å²) in [5.74, 6) is 1.08. The Kier molecular flexibility index (Phi) is 6.67. The van der Waals surface area contributed by atoms with E-state index >= 15 is 0 Å². The van der Waals surface area contributed by atoms with Gasteiger partial charge in [-0.25, -0.2) is 4.98 Å². The highest BCUT2D eigenvalue weighted by atomic mass is 16.1. The number of aryl methyl sites for hydroxylation is 2. The van der Waals surface area contributed by atoms with Crippen molar-refractivity contribution in [2.75, 3.05) is 25.5 Å². The summed E-state index contributed by atoms with van der Waals surface area (Å²) in [6.45, 7) is 4.31. The highest BCUT2D eigenvalue weighted by Crippen LogP contribution is 2.30. The van der Waals surface area contributed by atoms with Gasteiger partial charge in [0.1, 0.15) is 5.65 Å². The van der Waals surface area contributed by atoms with E-state index in [0.717, 1.165) is 46.4 Å². The van der Waals surface area contributed by atoms with Gasteiger partial charge in [0.15, 0.2) is 0 Å². The summed E-state index contributed by atoms with van der Waals surface area (Å²) in [6, 6.07) is 20.6. The molecule has 5 aromatic rings. The predicted molar refractivity (Wildman–Crippen MR) is 157 cm³/mol. The van der Waals surface area contributed by atoms with Crippen LogP contribution < -0.4 is 10.9 Å². The van der Waals surface area contributed by atoms with Crippen LogP contribution in [0.2, 0.25) is 0 Å². The molecule has 0 radical (unpaired) electrons. The minimum atomic E-state index is -0.0962. The van der Waals surface area contributed by atoms with Crippen LogP contribution in [-0.4, -0.2) is 44.6 Å². The summed E-state index contributed by atoms with van der Waals surface area (Å²) in [5.41, 5.74) is 7.38. The fourth-order valence-corrected chi connectivity index (χ4v) is 5.43. The first kappa shape index (κ1) is 24.9. The van der Waals surface area contributed by atoms with Crippen LogP contribution in [0.4, 0.5) is 11.6 Å². The third-order valence-corrected chi connectivity index (χ3v) is 7.83. The quantitative estimate of drug-likeness (QED) is 0.313. The molecule has 4 heterocycles. The molecule has 1 saturated heterocycles. The van der Waals surface area contributed by atoms with Crippen LogP contribution in [-0.2, 0) is 7.05 Å². The molecule has 1 fully saturated rings. The zero-order chi connectivity index (χ0) is 26.9. The van der Waals surface area contributed by atoms with Crippen LogP contribution in [0.25, 0.3) is 33.3 Å². The van der Waals surface area contributed by atoms with Crippen molar-refractivity contribution < 1.29 is 0 Å². The number of fused-ring (bicyclic) bond motifs is 1. The fourth-order valence-electron chi connectivity index (χ4n) is 5.43. The zero-order valence-electron chi connectivity index (χ0n) is 22.6. The van der Waals surface area contributed by atoms with Crippen LogP contribution in [0.1, 0.15) is 29.9 Å². The Balaban J connectivity index is 1.29. The van der Waals surface area contributed by atoms with Crippen molar-refractivity contribution in [3.8, 4) is 22.3 Å². The van der Waals surface area contributed by atoms with E-state index < -0.39 is 0 Å². The highest BCUT2D eigenvalue weighted by molar-refractivity contribution is 5.84. The lowest BCUT2D eigenvalue weighted by molar-refractivity contribution is 0.255. The largest absolute Gasteiger partial charge is 0.324 e. The van der Waals surface area contributed by atoms with Crippen LogP contribution in [0.15, 0.2) is 84.0 Å². The summed E-state index contributed by atoms with van der Waals surface area (Å²) in [7, 11) is 3.95. The summed E-state index contributed by atoms with van der Waals surface area (Å²) < 4.78 is 1.61. The lowest BCUT2D eigenvalue weighted by atomic mass is 9.89. The zero-order valence-corrected chi connectivity index (χ0v) is 22.6. The van der Waals surface area contributed by atoms with Crippen molar-refractivity contribution in [3.63, 3.8) is 0 Å². The van der Waals surface area contributed by atoms with Crippen molar-refractivity contribution in [2.24, 2.45) is 7.05 Å². The number of benzene rings is 2. The Morgan fingerprint density at radius 2 is 1.69 bits per heavy atom. The maximum absolute atomic E-state index is 13.5. The number of likely N-dealkylation sites (tertiary alicyclic amines) is 1. The standard InChI is InChI=1S/C32H32N6O/c1-21-6-7-24(25-5-4-14-33-19-25)17-28(21)29-18-26-20-34-32(36-30(26)38(3)31(29)39)35-27-10-8-22(9-11-27)23-12-15-37(2)16-13-23/h4-11,14,17-20,23H,12-13,15-16H2,1-3H3,(H,34,35,36). The monoisotopic (exact) mass is 516 g/mol. The average Bonchev–Trinajstić information content (AvgIpc) is 2.97. The molecule has 7 nitrogen and oxygen atoms in total. The Morgan fingerprint density at radius 3 is 2.44 bits per heavy atom. The molecule has 1 aliphatic rings. The van der Waals surface area contributed by atoms with Gasteiger partial charge in [-0.1, -0.05) is 30.3 Å². The van der Waals surface area contributed by atoms with Crippen molar-refractivity contribution in [2.45, 2.75) is 25.7 Å². The maximum atomic E-state index is 13.5. The lowest BCUT2D eigenvalue weighted by Crippen LogP contribution is -2.29. The van der Waals surface area contributed by atoms with Crippen molar-refractivity contribution in [1.29, 1.82) is 0 Å². The number of nitrogens with zero attached hydrogens (tertiary/aromatic N) is 5. The normalized spacial score (nSPS) is 14.5. The third kappa shape index (κ3) is 5.05. The number of piperidine rings is 1. The average molecular weight is 517 g/mol. The number of pyridine rings is 2. The first-order valence-corrected chi connectivity index (χ1v) is 13.4. The van der Waals surface area contributed by atoms with E-state index in [1.165, 1.54) is 18.4 Å². The lowest BCUT2D eigenvalue weighted by Gasteiger charge is -2.29. The summed E-state index contributed by atoms with van der Waals surface area (Å²) in [4.78, 5) is 29.4. The SMILES string of the molecule is Cc1ccc(-c2cccnc2)cc1-c1cc2cnc(Nc3ccc(C4CCN(C)CC4)cc3)nc2n(C)c1=O. The Morgan fingerprint density at radius 1 is 0.897 bits per heavy atom. The second-order valence-corrected chi connectivity index (χ2v) is 10.5. The van der Waals surface area contributed by atoms with Gasteiger partial charge in [-0.2, -0.15) is 4.98 Å². The Hall–Kier alpha value is -4.36. The van der Waals surface area contributed by atoms with E-state index in [9.17, 15) is 4.79 Å². The molecule has 196 valence electrons. The molecule has 0 aliphatic carbocycles. The molecule has 39 heavy (non-hydrogen) atoms. The minimum Gasteiger partial charge on any atom is -0.324 e. The number of rotatable bonds is 5. The van der Waals surface area contributed by atoms with E-state index in [1.807, 2.05) is 37.4 Å². The molecule has 7 heteroatoms. The van der Waals surface area contributed by atoms with E-state index in [2.05, 4.69) is 63.6 Å².